The molecule has 3 aromatic heterocycles. The van der Waals surface area contributed by atoms with Gasteiger partial charge in [0.1, 0.15) is 23.5 Å². The minimum Gasteiger partial charge on any atom is -0.355 e. The number of anilines is 1. The van der Waals surface area contributed by atoms with Crippen LogP contribution in [0.4, 0.5) is 19.0 Å². The van der Waals surface area contributed by atoms with E-state index in [0.717, 1.165) is 34.3 Å². The van der Waals surface area contributed by atoms with Gasteiger partial charge in [-0.15, -0.1) is 0 Å². The summed E-state index contributed by atoms with van der Waals surface area (Å²) < 4.78 is 43.2. The number of halogens is 3. The fourth-order valence-electron chi connectivity index (χ4n) is 4.98. The third-order valence-electron chi connectivity index (χ3n) is 7.24. The van der Waals surface area contributed by atoms with Gasteiger partial charge >= 0.3 is 0 Å². The lowest BCUT2D eigenvalue weighted by atomic mass is 10.1. The molecule has 0 atom stereocenters. The van der Waals surface area contributed by atoms with E-state index >= 15 is 0 Å². The molecule has 0 bridgehead atoms. The van der Waals surface area contributed by atoms with Crippen molar-refractivity contribution in [1.82, 2.24) is 29.6 Å². The predicted octanol–water partition coefficient (Wildman–Crippen LogP) is 5.01. The molecule has 1 N–H and O–H groups in total. The fourth-order valence-corrected chi connectivity index (χ4v) is 4.98. The normalized spacial score (nSPS) is 11.1. The second-order valence-corrected chi connectivity index (χ2v) is 10.5. The first-order valence-corrected chi connectivity index (χ1v) is 13.9. The first-order valence-electron chi connectivity index (χ1n) is 13.9. The smallest absolute Gasteiger partial charge is 0.263 e. The number of amides is 1. The topological polar surface area (TPSA) is 97.9 Å². The van der Waals surface area contributed by atoms with E-state index in [2.05, 4.69) is 20.4 Å². The van der Waals surface area contributed by atoms with Crippen molar-refractivity contribution in [2.45, 2.75) is 19.6 Å². The number of nitrogens with zero attached hydrogens (tertiary/aromatic N) is 6. The highest BCUT2D eigenvalue weighted by molar-refractivity contribution is 5.94. The van der Waals surface area contributed by atoms with Gasteiger partial charge in [-0.05, 0) is 71.8 Å². The van der Waals surface area contributed by atoms with Crippen LogP contribution in [0.15, 0.2) is 103 Å². The highest BCUT2D eigenvalue weighted by atomic mass is 19.2. The van der Waals surface area contributed by atoms with Crippen LogP contribution in [0, 0.1) is 17.5 Å². The van der Waals surface area contributed by atoms with E-state index in [1.54, 1.807) is 29.1 Å². The van der Waals surface area contributed by atoms with Gasteiger partial charge in [-0.25, -0.2) is 27.8 Å². The molecule has 45 heavy (non-hydrogen) atoms. The minimum absolute atomic E-state index is 0.0227. The Morgan fingerprint density at radius 1 is 0.911 bits per heavy atom. The lowest BCUT2D eigenvalue weighted by molar-refractivity contribution is 0.0948. The molecule has 3 heterocycles. The molecular formula is C33H26F3N7O2. The molecule has 0 aliphatic carbocycles. The van der Waals surface area contributed by atoms with Crippen molar-refractivity contribution >= 4 is 22.6 Å². The maximum atomic E-state index is 13.6. The number of carbonyl (C=O) groups excluding carboxylic acids is 1. The fraction of sp³-hybridized carbons (Fsp3) is 0.121. The van der Waals surface area contributed by atoms with Crippen LogP contribution in [0.25, 0.3) is 16.6 Å². The second-order valence-electron chi connectivity index (χ2n) is 10.5. The van der Waals surface area contributed by atoms with Crippen molar-refractivity contribution in [2.75, 3.05) is 11.9 Å². The van der Waals surface area contributed by atoms with Crippen molar-refractivity contribution < 1.29 is 18.0 Å². The molecule has 0 saturated heterocycles. The van der Waals surface area contributed by atoms with Crippen LogP contribution in [0.2, 0.25) is 0 Å². The molecular weight excluding hydrogens is 583 g/mol. The van der Waals surface area contributed by atoms with Crippen molar-refractivity contribution in [3.05, 3.63) is 148 Å². The van der Waals surface area contributed by atoms with Gasteiger partial charge in [-0.1, -0.05) is 12.1 Å². The van der Waals surface area contributed by atoms with Crippen molar-refractivity contribution in [3.8, 4) is 5.69 Å². The number of benzene rings is 3. The molecule has 6 rings (SSSR count). The van der Waals surface area contributed by atoms with Crippen molar-refractivity contribution in [1.29, 1.82) is 0 Å². The molecule has 9 nitrogen and oxygen atoms in total. The summed E-state index contributed by atoms with van der Waals surface area (Å²) in [6.45, 7) is 0.596. The van der Waals surface area contributed by atoms with Crippen LogP contribution < -0.4 is 15.8 Å². The lowest BCUT2D eigenvalue weighted by Crippen LogP contribution is -2.32. The summed E-state index contributed by atoms with van der Waals surface area (Å²) in [5.74, 6) is -2.21. The van der Waals surface area contributed by atoms with E-state index in [1.807, 2.05) is 36.3 Å². The number of carbonyl (C=O) groups is 1. The Morgan fingerprint density at radius 3 is 2.51 bits per heavy atom. The number of pyridine rings is 1. The van der Waals surface area contributed by atoms with E-state index in [9.17, 15) is 22.8 Å². The Hall–Kier alpha value is -5.78. The molecule has 0 saturated carbocycles. The number of hydrogen-bond donors (Lipinski definition) is 1. The quantitative estimate of drug-likeness (QED) is 0.248. The van der Waals surface area contributed by atoms with Gasteiger partial charge in [0, 0.05) is 43.5 Å². The average Bonchev–Trinajstić information content (AvgIpc) is 3.51. The van der Waals surface area contributed by atoms with Crippen molar-refractivity contribution in [3.63, 3.8) is 0 Å². The average molecular weight is 610 g/mol. The van der Waals surface area contributed by atoms with E-state index in [4.69, 9.17) is 0 Å². The molecule has 0 aliphatic rings. The first kappa shape index (κ1) is 29.3. The van der Waals surface area contributed by atoms with Gasteiger partial charge in [0.2, 0.25) is 0 Å². The van der Waals surface area contributed by atoms with Gasteiger partial charge in [-0.3, -0.25) is 9.59 Å². The number of nitrogens with one attached hydrogen (secondary N) is 1. The highest BCUT2D eigenvalue weighted by Crippen LogP contribution is 2.25. The molecule has 0 radical (unpaired) electrons. The van der Waals surface area contributed by atoms with Gasteiger partial charge in [0.15, 0.2) is 11.6 Å². The summed E-state index contributed by atoms with van der Waals surface area (Å²) in [7, 11) is 1.90. The van der Waals surface area contributed by atoms with Gasteiger partial charge in [0.25, 0.3) is 11.5 Å². The standard InChI is InChI=1S/C33H26F3N7O2/c1-41(17-23-16-40-43(19-23)25-8-6-24(34)7-9-25)31-27-13-21(5-11-30(27)38-20-39-31)15-37-32(44)26-3-2-12-42(33(26)45)18-22-4-10-28(35)29(36)14-22/h2-14,16,19-20H,15,17-18H2,1H3,(H,37,44). The van der Waals surface area contributed by atoms with Crippen LogP contribution in [0.3, 0.4) is 0 Å². The third-order valence-corrected chi connectivity index (χ3v) is 7.24. The van der Waals surface area contributed by atoms with Crippen LogP contribution in [-0.2, 0) is 19.6 Å². The number of hydrogen-bond acceptors (Lipinski definition) is 6. The monoisotopic (exact) mass is 609 g/mol. The number of aromatic nitrogens is 5. The Labute approximate surface area is 255 Å². The van der Waals surface area contributed by atoms with E-state index in [-0.39, 0.29) is 24.5 Å². The van der Waals surface area contributed by atoms with Crippen LogP contribution >= 0.6 is 0 Å². The zero-order valence-corrected chi connectivity index (χ0v) is 24.0. The molecule has 226 valence electrons. The van der Waals surface area contributed by atoms with Crippen LogP contribution in [-0.4, -0.2) is 37.3 Å². The molecule has 1 amide bonds. The van der Waals surface area contributed by atoms with Crippen molar-refractivity contribution in [2.24, 2.45) is 0 Å². The van der Waals surface area contributed by atoms with Crippen LogP contribution in [0.5, 0.6) is 0 Å². The molecule has 12 heteroatoms. The molecule has 0 fully saturated rings. The Morgan fingerprint density at radius 2 is 1.71 bits per heavy atom. The Bertz CT molecular complexity index is 2080. The van der Waals surface area contributed by atoms with E-state index in [1.165, 1.54) is 41.4 Å². The molecule has 0 aliphatic heterocycles. The zero-order chi connectivity index (χ0) is 31.5. The predicted molar refractivity (Wildman–Crippen MR) is 162 cm³/mol. The SMILES string of the molecule is CN(Cc1cnn(-c2ccc(F)cc2)c1)c1ncnc2ccc(CNC(=O)c3cccn(Cc4ccc(F)c(F)c4)c3=O)cc12. The highest BCUT2D eigenvalue weighted by Gasteiger charge is 2.15. The minimum atomic E-state index is -1.01. The zero-order valence-electron chi connectivity index (χ0n) is 24.0. The largest absolute Gasteiger partial charge is 0.355 e. The van der Waals surface area contributed by atoms with Crippen LogP contribution in [0.1, 0.15) is 27.0 Å². The summed E-state index contributed by atoms with van der Waals surface area (Å²) in [5.41, 5.74) is 2.88. The summed E-state index contributed by atoms with van der Waals surface area (Å²) in [6, 6.07) is 18.0. The van der Waals surface area contributed by atoms with E-state index in [0.29, 0.717) is 23.4 Å². The van der Waals surface area contributed by atoms with E-state index < -0.39 is 23.1 Å². The molecule has 0 unspecified atom stereocenters. The molecule has 3 aromatic carbocycles. The maximum absolute atomic E-state index is 13.6. The second kappa shape index (κ2) is 12.4. The maximum Gasteiger partial charge on any atom is 0.263 e. The number of rotatable bonds is 9. The van der Waals surface area contributed by atoms with Gasteiger partial charge in [-0.2, -0.15) is 5.10 Å². The van der Waals surface area contributed by atoms with Gasteiger partial charge < -0.3 is 14.8 Å². The van der Waals surface area contributed by atoms with Gasteiger partial charge in [0.05, 0.1) is 23.9 Å². The lowest BCUT2D eigenvalue weighted by Gasteiger charge is -2.19. The summed E-state index contributed by atoms with van der Waals surface area (Å²) in [5, 5.41) is 7.94. The first-order chi connectivity index (χ1) is 21.7. The number of fused-ring (bicyclic) bond motifs is 1. The molecule has 0 spiro atoms. The Kier molecular flexibility index (Phi) is 8.10. The molecule has 6 aromatic rings. The summed E-state index contributed by atoms with van der Waals surface area (Å²) >= 11 is 0. The summed E-state index contributed by atoms with van der Waals surface area (Å²) in [4.78, 5) is 36.8. The third kappa shape index (κ3) is 6.44. The Balaban J connectivity index is 1.16. The summed E-state index contributed by atoms with van der Waals surface area (Å²) in [6.07, 6.45) is 6.57.